The molecule has 0 bridgehead atoms. The SMILES string of the molecule is CN=C(NCc1cccc(-c2ccccn2)c1)NC1CC1. The highest BCUT2D eigenvalue weighted by Crippen LogP contribution is 2.19. The van der Waals surface area contributed by atoms with Crippen molar-refractivity contribution in [3.05, 3.63) is 54.2 Å². The number of aliphatic imine (C=N–C) groups is 1. The molecule has 0 saturated heterocycles. The molecular weight excluding hydrogens is 260 g/mol. The van der Waals surface area contributed by atoms with Crippen LogP contribution >= 0.6 is 0 Å². The van der Waals surface area contributed by atoms with Gasteiger partial charge in [-0.25, -0.2) is 0 Å². The van der Waals surface area contributed by atoms with E-state index in [0.717, 1.165) is 23.8 Å². The summed E-state index contributed by atoms with van der Waals surface area (Å²) < 4.78 is 0. The van der Waals surface area contributed by atoms with E-state index < -0.39 is 0 Å². The Hall–Kier alpha value is -2.36. The fourth-order valence-corrected chi connectivity index (χ4v) is 2.18. The highest BCUT2D eigenvalue weighted by molar-refractivity contribution is 5.80. The maximum Gasteiger partial charge on any atom is 0.191 e. The van der Waals surface area contributed by atoms with Crippen LogP contribution in [0.15, 0.2) is 53.7 Å². The molecule has 0 radical (unpaired) electrons. The molecule has 1 saturated carbocycles. The monoisotopic (exact) mass is 280 g/mol. The van der Waals surface area contributed by atoms with Crippen LogP contribution < -0.4 is 10.6 Å². The molecule has 0 amide bonds. The summed E-state index contributed by atoms with van der Waals surface area (Å²) in [6.45, 7) is 0.757. The van der Waals surface area contributed by atoms with Gasteiger partial charge in [-0.15, -0.1) is 0 Å². The molecular formula is C17H20N4. The van der Waals surface area contributed by atoms with Gasteiger partial charge in [-0.1, -0.05) is 24.3 Å². The van der Waals surface area contributed by atoms with Gasteiger partial charge in [0.15, 0.2) is 5.96 Å². The Morgan fingerprint density at radius 2 is 2.14 bits per heavy atom. The van der Waals surface area contributed by atoms with Crippen molar-refractivity contribution in [2.24, 2.45) is 4.99 Å². The van der Waals surface area contributed by atoms with E-state index in [2.05, 4.69) is 44.9 Å². The maximum atomic E-state index is 4.39. The Labute approximate surface area is 125 Å². The van der Waals surface area contributed by atoms with Gasteiger partial charge in [0.25, 0.3) is 0 Å². The molecule has 1 aliphatic carbocycles. The van der Waals surface area contributed by atoms with E-state index in [9.17, 15) is 0 Å². The number of nitrogens with one attached hydrogen (secondary N) is 2. The molecule has 2 N–H and O–H groups in total. The molecule has 0 atom stereocenters. The minimum absolute atomic E-state index is 0.607. The molecule has 108 valence electrons. The lowest BCUT2D eigenvalue weighted by atomic mass is 10.1. The lowest BCUT2D eigenvalue weighted by Gasteiger charge is -2.11. The van der Waals surface area contributed by atoms with Crippen molar-refractivity contribution in [2.45, 2.75) is 25.4 Å². The number of rotatable bonds is 4. The third kappa shape index (κ3) is 3.81. The lowest BCUT2D eigenvalue weighted by molar-refractivity contribution is 0.805. The van der Waals surface area contributed by atoms with E-state index >= 15 is 0 Å². The molecule has 4 heteroatoms. The smallest absolute Gasteiger partial charge is 0.191 e. The van der Waals surface area contributed by atoms with E-state index in [1.165, 1.54) is 18.4 Å². The first-order chi connectivity index (χ1) is 10.3. The normalized spacial score (nSPS) is 14.8. The average molecular weight is 280 g/mol. The van der Waals surface area contributed by atoms with E-state index in [1.807, 2.05) is 31.4 Å². The summed E-state index contributed by atoms with van der Waals surface area (Å²) in [5, 5.41) is 6.74. The zero-order valence-corrected chi connectivity index (χ0v) is 12.2. The molecule has 1 aliphatic rings. The lowest BCUT2D eigenvalue weighted by Crippen LogP contribution is -2.38. The highest BCUT2D eigenvalue weighted by atomic mass is 15.2. The fourth-order valence-electron chi connectivity index (χ4n) is 2.18. The van der Waals surface area contributed by atoms with Crippen molar-refractivity contribution in [2.75, 3.05) is 7.05 Å². The van der Waals surface area contributed by atoms with Crippen molar-refractivity contribution in [1.29, 1.82) is 0 Å². The summed E-state index contributed by atoms with van der Waals surface area (Å²) in [5.74, 6) is 0.876. The first-order valence-corrected chi connectivity index (χ1v) is 7.32. The van der Waals surface area contributed by atoms with Crippen LogP contribution in [0.2, 0.25) is 0 Å². The summed E-state index contributed by atoms with van der Waals surface area (Å²) in [5.41, 5.74) is 3.36. The topological polar surface area (TPSA) is 49.3 Å². The Balaban J connectivity index is 1.65. The van der Waals surface area contributed by atoms with Crippen LogP contribution in [0.5, 0.6) is 0 Å². The number of hydrogen-bond donors (Lipinski definition) is 2. The Bertz CT molecular complexity index is 618. The third-order valence-electron chi connectivity index (χ3n) is 3.49. The van der Waals surface area contributed by atoms with Crippen LogP contribution in [0.25, 0.3) is 11.3 Å². The van der Waals surface area contributed by atoms with Crippen molar-refractivity contribution in [3.63, 3.8) is 0 Å². The van der Waals surface area contributed by atoms with Crippen molar-refractivity contribution >= 4 is 5.96 Å². The number of benzene rings is 1. The molecule has 0 unspecified atom stereocenters. The van der Waals surface area contributed by atoms with E-state index in [0.29, 0.717) is 6.04 Å². The molecule has 2 aromatic rings. The third-order valence-corrected chi connectivity index (χ3v) is 3.49. The number of hydrogen-bond acceptors (Lipinski definition) is 2. The van der Waals surface area contributed by atoms with E-state index in [-0.39, 0.29) is 0 Å². The zero-order valence-electron chi connectivity index (χ0n) is 12.2. The summed E-state index contributed by atoms with van der Waals surface area (Å²) in [7, 11) is 1.81. The van der Waals surface area contributed by atoms with Crippen LogP contribution in [0.3, 0.4) is 0 Å². The van der Waals surface area contributed by atoms with Crippen molar-refractivity contribution in [3.8, 4) is 11.3 Å². The molecule has 4 nitrogen and oxygen atoms in total. The second kappa shape index (κ2) is 6.39. The highest BCUT2D eigenvalue weighted by Gasteiger charge is 2.21. The second-order valence-corrected chi connectivity index (χ2v) is 5.26. The largest absolute Gasteiger partial charge is 0.354 e. The molecule has 1 aromatic carbocycles. The minimum atomic E-state index is 0.607. The summed E-state index contributed by atoms with van der Waals surface area (Å²) in [6, 6.07) is 15.0. The summed E-state index contributed by atoms with van der Waals surface area (Å²) in [4.78, 5) is 8.64. The van der Waals surface area contributed by atoms with Crippen LogP contribution in [0.1, 0.15) is 18.4 Å². The molecule has 0 spiro atoms. The standard InChI is InChI=1S/C17H20N4/c1-18-17(21-15-8-9-15)20-12-13-5-4-6-14(11-13)16-7-2-3-10-19-16/h2-7,10-11,15H,8-9,12H2,1H3,(H2,18,20,21). The van der Waals surface area contributed by atoms with Crippen molar-refractivity contribution < 1.29 is 0 Å². The molecule has 3 rings (SSSR count). The molecule has 1 heterocycles. The number of pyridine rings is 1. The van der Waals surface area contributed by atoms with E-state index in [4.69, 9.17) is 0 Å². The molecule has 21 heavy (non-hydrogen) atoms. The maximum absolute atomic E-state index is 4.39. The van der Waals surface area contributed by atoms with Gasteiger partial charge in [0.1, 0.15) is 0 Å². The summed E-state index contributed by atoms with van der Waals surface area (Å²) in [6.07, 6.45) is 4.31. The number of nitrogens with zero attached hydrogens (tertiary/aromatic N) is 2. The van der Waals surface area contributed by atoms with E-state index in [1.54, 1.807) is 0 Å². The van der Waals surface area contributed by atoms with Gasteiger partial charge < -0.3 is 10.6 Å². The minimum Gasteiger partial charge on any atom is -0.354 e. The van der Waals surface area contributed by atoms with Crippen LogP contribution in [0, 0.1) is 0 Å². The fraction of sp³-hybridized carbons (Fsp3) is 0.294. The van der Waals surface area contributed by atoms with Crippen LogP contribution in [-0.2, 0) is 6.54 Å². The number of aromatic nitrogens is 1. The van der Waals surface area contributed by atoms with Gasteiger partial charge in [-0.05, 0) is 36.6 Å². The predicted molar refractivity (Wildman–Crippen MR) is 86.0 cm³/mol. The predicted octanol–water partition coefficient (Wildman–Crippen LogP) is 2.58. The van der Waals surface area contributed by atoms with Crippen LogP contribution in [-0.4, -0.2) is 24.0 Å². The summed E-state index contributed by atoms with van der Waals surface area (Å²) >= 11 is 0. The Morgan fingerprint density at radius 1 is 1.24 bits per heavy atom. The Morgan fingerprint density at radius 3 is 2.86 bits per heavy atom. The second-order valence-electron chi connectivity index (χ2n) is 5.26. The molecule has 1 aromatic heterocycles. The van der Waals surface area contributed by atoms with Gasteiger partial charge in [-0.2, -0.15) is 0 Å². The molecule has 0 aliphatic heterocycles. The first kappa shape index (κ1) is 13.6. The quantitative estimate of drug-likeness (QED) is 0.668. The van der Waals surface area contributed by atoms with Gasteiger partial charge in [0.05, 0.1) is 5.69 Å². The van der Waals surface area contributed by atoms with Crippen molar-refractivity contribution in [1.82, 2.24) is 15.6 Å². The van der Waals surface area contributed by atoms with Gasteiger partial charge in [0.2, 0.25) is 0 Å². The van der Waals surface area contributed by atoms with Gasteiger partial charge in [-0.3, -0.25) is 9.98 Å². The van der Waals surface area contributed by atoms with Crippen LogP contribution in [0.4, 0.5) is 0 Å². The average Bonchev–Trinajstić information content (AvgIpc) is 3.36. The van der Waals surface area contributed by atoms with Gasteiger partial charge >= 0.3 is 0 Å². The number of guanidine groups is 1. The first-order valence-electron chi connectivity index (χ1n) is 7.32. The zero-order chi connectivity index (χ0) is 14.5. The van der Waals surface area contributed by atoms with Gasteiger partial charge in [0, 0.05) is 31.4 Å². The molecule has 1 fully saturated rings. The Kier molecular flexibility index (Phi) is 4.15.